The van der Waals surface area contributed by atoms with Gasteiger partial charge in [-0.15, -0.1) is 0 Å². The lowest BCUT2D eigenvalue weighted by molar-refractivity contribution is 0.901. The molecule has 112 valence electrons. The first-order valence-corrected chi connectivity index (χ1v) is 7.89. The summed E-state index contributed by atoms with van der Waals surface area (Å²) in [5.41, 5.74) is 8.48. The van der Waals surface area contributed by atoms with Crippen LogP contribution in [0.5, 0.6) is 0 Å². The first-order valence-electron chi connectivity index (χ1n) is 7.89. The van der Waals surface area contributed by atoms with Gasteiger partial charge in [0.1, 0.15) is 0 Å². The molecule has 2 aromatic heterocycles. The van der Waals surface area contributed by atoms with Crippen molar-refractivity contribution in [2.45, 2.75) is 39.7 Å². The van der Waals surface area contributed by atoms with Crippen molar-refractivity contribution in [2.75, 3.05) is 5.32 Å². The number of aromatic nitrogens is 3. The van der Waals surface area contributed by atoms with Crippen molar-refractivity contribution in [2.24, 2.45) is 0 Å². The average molecular weight is 292 g/mol. The number of anilines is 1. The lowest BCUT2D eigenvalue weighted by atomic mass is 10.1. The van der Waals surface area contributed by atoms with Gasteiger partial charge in [0.05, 0.1) is 11.2 Å². The minimum absolute atomic E-state index is 0.800. The molecule has 0 bridgehead atoms. The number of para-hydroxylation sites is 1. The van der Waals surface area contributed by atoms with Gasteiger partial charge in [-0.05, 0) is 44.7 Å². The van der Waals surface area contributed by atoms with Gasteiger partial charge in [0.15, 0.2) is 0 Å². The van der Waals surface area contributed by atoms with Gasteiger partial charge in [-0.25, -0.2) is 0 Å². The number of hydrogen-bond donors (Lipinski definition) is 2. The van der Waals surface area contributed by atoms with Gasteiger partial charge < -0.3 is 5.32 Å². The van der Waals surface area contributed by atoms with Crippen LogP contribution in [0, 0.1) is 13.8 Å². The maximum atomic E-state index is 4.84. The van der Waals surface area contributed by atoms with Gasteiger partial charge in [0.2, 0.25) is 0 Å². The fraction of sp³-hybridized carbons (Fsp3) is 0.333. The third-order valence-corrected chi connectivity index (χ3v) is 4.64. The highest BCUT2D eigenvalue weighted by atomic mass is 15.1. The summed E-state index contributed by atoms with van der Waals surface area (Å²) in [6.07, 6.45) is 3.43. The average Bonchev–Trinajstić information content (AvgIpc) is 3.11. The third-order valence-electron chi connectivity index (χ3n) is 4.64. The van der Waals surface area contributed by atoms with E-state index in [2.05, 4.69) is 53.6 Å². The van der Waals surface area contributed by atoms with Crippen LogP contribution in [0.25, 0.3) is 10.9 Å². The van der Waals surface area contributed by atoms with Crippen LogP contribution in [0.3, 0.4) is 0 Å². The summed E-state index contributed by atoms with van der Waals surface area (Å²) in [6.45, 7) is 4.93. The van der Waals surface area contributed by atoms with Crippen LogP contribution in [0.1, 0.15) is 34.6 Å². The van der Waals surface area contributed by atoms with E-state index in [4.69, 9.17) is 4.98 Å². The summed E-state index contributed by atoms with van der Waals surface area (Å²) in [7, 11) is 0. The van der Waals surface area contributed by atoms with Gasteiger partial charge in [0.25, 0.3) is 0 Å². The number of benzene rings is 1. The number of aryl methyl sites for hydroxylation is 3. The van der Waals surface area contributed by atoms with Crippen molar-refractivity contribution in [1.29, 1.82) is 0 Å². The monoisotopic (exact) mass is 292 g/mol. The van der Waals surface area contributed by atoms with Crippen molar-refractivity contribution in [3.05, 3.63) is 52.5 Å². The zero-order chi connectivity index (χ0) is 15.1. The zero-order valence-electron chi connectivity index (χ0n) is 13.0. The van der Waals surface area contributed by atoms with E-state index >= 15 is 0 Å². The Kier molecular flexibility index (Phi) is 3.10. The van der Waals surface area contributed by atoms with E-state index in [9.17, 15) is 0 Å². The Labute approximate surface area is 130 Å². The highest BCUT2D eigenvalue weighted by Gasteiger charge is 2.19. The van der Waals surface area contributed by atoms with Gasteiger partial charge in [0, 0.05) is 34.6 Å². The predicted molar refractivity (Wildman–Crippen MR) is 89.2 cm³/mol. The lowest BCUT2D eigenvalue weighted by Crippen LogP contribution is -2.06. The Morgan fingerprint density at radius 1 is 1.18 bits per heavy atom. The maximum Gasteiger partial charge on any atom is 0.0726 e. The molecule has 0 aliphatic heterocycles. The number of aromatic amines is 1. The van der Waals surface area contributed by atoms with Crippen LogP contribution in [-0.4, -0.2) is 15.2 Å². The molecule has 4 nitrogen and oxygen atoms in total. The SMILES string of the molecule is Cc1n[nH]c(C)c1CNc1c2c(nc3ccccc13)CCC2. The Bertz CT molecular complexity index is 828. The van der Waals surface area contributed by atoms with Crippen LogP contribution in [0.2, 0.25) is 0 Å². The van der Waals surface area contributed by atoms with Gasteiger partial charge in [-0.1, -0.05) is 18.2 Å². The molecule has 1 aromatic carbocycles. The highest BCUT2D eigenvalue weighted by Crippen LogP contribution is 2.34. The molecule has 0 fully saturated rings. The molecular weight excluding hydrogens is 272 g/mol. The third kappa shape index (κ3) is 2.06. The number of pyridine rings is 1. The fourth-order valence-electron chi connectivity index (χ4n) is 3.42. The molecule has 2 N–H and O–H groups in total. The molecule has 0 saturated carbocycles. The Morgan fingerprint density at radius 3 is 2.86 bits per heavy atom. The highest BCUT2D eigenvalue weighted by molar-refractivity contribution is 5.93. The zero-order valence-corrected chi connectivity index (χ0v) is 13.0. The summed E-state index contributed by atoms with van der Waals surface area (Å²) in [4.78, 5) is 4.84. The second-order valence-electron chi connectivity index (χ2n) is 6.05. The number of rotatable bonds is 3. The largest absolute Gasteiger partial charge is 0.380 e. The smallest absolute Gasteiger partial charge is 0.0726 e. The van der Waals surface area contributed by atoms with Gasteiger partial charge in [-0.2, -0.15) is 5.10 Å². The Hall–Kier alpha value is -2.36. The van der Waals surface area contributed by atoms with Crippen LogP contribution in [-0.2, 0) is 19.4 Å². The molecule has 2 heterocycles. The predicted octanol–water partition coefficient (Wildman–Crippen LogP) is 3.68. The first kappa shape index (κ1) is 13.3. The standard InChI is InChI=1S/C18H20N4/c1-11-15(12(2)22-21-11)10-19-18-13-6-3-4-8-16(13)20-17-9-5-7-14(17)18/h3-4,6,8H,5,7,9-10H2,1-2H3,(H,19,20)(H,21,22). The Morgan fingerprint density at radius 2 is 2.05 bits per heavy atom. The van der Waals surface area contributed by atoms with Crippen LogP contribution >= 0.6 is 0 Å². The molecule has 4 rings (SSSR count). The molecule has 0 saturated heterocycles. The number of H-pyrrole nitrogens is 1. The van der Waals surface area contributed by atoms with Crippen LogP contribution < -0.4 is 5.32 Å². The first-order chi connectivity index (χ1) is 10.7. The summed E-state index contributed by atoms with van der Waals surface area (Å²) >= 11 is 0. The molecule has 0 unspecified atom stereocenters. The molecule has 0 atom stereocenters. The minimum atomic E-state index is 0.800. The normalized spacial score (nSPS) is 13.5. The molecule has 4 heteroatoms. The van der Waals surface area contributed by atoms with Crippen LogP contribution in [0.4, 0.5) is 5.69 Å². The van der Waals surface area contributed by atoms with E-state index in [1.807, 2.05) is 0 Å². The molecule has 0 spiro atoms. The van der Waals surface area contributed by atoms with Crippen molar-refractivity contribution >= 4 is 16.6 Å². The quantitative estimate of drug-likeness (QED) is 0.774. The summed E-state index contributed by atoms with van der Waals surface area (Å²) in [5.74, 6) is 0. The summed E-state index contributed by atoms with van der Waals surface area (Å²) in [6, 6.07) is 8.42. The topological polar surface area (TPSA) is 53.6 Å². The van der Waals surface area contributed by atoms with E-state index in [0.29, 0.717) is 0 Å². The molecule has 3 aromatic rings. The molecular formula is C18H20N4. The Balaban J connectivity index is 1.77. The molecule has 1 aliphatic rings. The van der Waals surface area contributed by atoms with Crippen molar-refractivity contribution in [1.82, 2.24) is 15.2 Å². The van der Waals surface area contributed by atoms with E-state index in [1.54, 1.807) is 0 Å². The van der Waals surface area contributed by atoms with E-state index in [1.165, 1.54) is 34.3 Å². The number of hydrogen-bond acceptors (Lipinski definition) is 3. The number of nitrogens with one attached hydrogen (secondary N) is 2. The molecule has 0 radical (unpaired) electrons. The van der Waals surface area contributed by atoms with Crippen LogP contribution in [0.15, 0.2) is 24.3 Å². The summed E-state index contributed by atoms with van der Waals surface area (Å²) in [5, 5.41) is 12.2. The molecule has 0 amide bonds. The second kappa shape index (κ2) is 5.13. The minimum Gasteiger partial charge on any atom is -0.380 e. The van der Waals surface area contributed by atoms with E-state index in [-0.39, 0.29) is 0 Å². The maximum absolute atomic E-state index is 4.84. The van der Waals surface area contributed by atoms with E-state index in [0.717, 1.165) is 36.3 Å². The number of fused-ring (bicyclic) bond motifs is 2. The van der Waals surface area contributed by atoms with Gasteiger partial charge in [-0.3, -0.25) is 10.1 Å². The second-order valence-corrected chi connectivity index (χ2v) is 6.05. The lowest BCUT2D eigenvalue weighted by Gasteiger charge is -2.15. The van der Waals surface area contributed by atoms with E-state index < -0.39 is 0 Å². The van der Waals surface area contributed by atoms with Crippen molar-refractivity contribution in [3.63, 3.8) is 0 Å². The molecule has 1 aliphatic carbocycles. The summed E-state index contributed by atoms with van der Waals surface area (Å²) < 4.78 is 0. The van der Waals surface area contributed by atoms with Crippen molar-refractivity contribution < 1.29 is 0 Å². The van der Waals surface area contributed by atoms with Gasteiger partial charge >= 0.3 is 0 Å². The van der Waals surface area contributed by atoms with Crippen molar-refractivity contribution in [3.8, 4) is 0 Å². The molecule has 22 heavy (non-hydrogen) atoms. The number of nitrogens with zero attached hydrogens (tertiary/aromatic N) is 2. The fourth-order valence-corrected chi connectivity index (χ4v) is 3.42.